The number of hydrogen-bond donors (Lipinski definition) is 1. The third kappa shape index (κ3) is 3.35. The van der Waals surface area contributed by atoms with Crippen LogP contribution in [-0.2, 0) is 16.0 Å². The molecule has 0 unspecified atom stereocenters. The number of esters is 1. The van der Waals surface area contributed by atoms with Crippen LogP contribution in [0.5, 0.6) is 0 Å². The Morgan fingerprint density at radius 3 is 2.74 bits per heavy atom. The number of para-hydroxylation sites is 2. The summed E-state index contributed by atoms with van der Waals surface area (Å²) in [4.78, 5) is 22.2. The van der Waals surface area contributed by atoms with Crippen LogP contribution in [0.15, 0.2) is 24.3 Å². The Balaban J connectivity index is 1.85. The van der Waals surface area contributed by atoms with Crippen LogP contribution < -0.4 is 5.73 Å². The first-order chi connectivity index (χ1) is 13.0. The van der Waals surface area contributed by atoms with Crippen molar-refractivity contribution in [1.29, 1.82) is 0 Å². The summed E-state index contributed by atoms with van der Waals surface area (Å²) in [5, 5.41) is 0. The van der Waals surface area contributed by atoms with Gasteiger partial charge in [-0.3, -0.25) is 0 Å². The highest BCUT2D eigenvalue weighted by Gasteiger charge is 2.27. The molecule has 142 valence electrons. The molecular formula is C20H24N4O3. The van der Waals surface area contributed by atoms with Gasteiger partial charge in [0.15, 0.2) is 5.65 Å². The van der Waals surface area contributed by atoms with Crippen molar-refractivity contribution in [2.75, 3.05) is 18.9 Å². The number of nitrogens with zero attached hydrogens (tertiary/aromatic N) is 3. The Morgan fingerprint density at radius 1 is 1.33 bits per heavy atom. The molecule has 2 aromatic heterocycles. The van der Waals surface area contributed by atoms with E-state index in [1.54, 1.807) is 0 Å². The van der Waals surface area contributed by atoms with E-state index in [4.69, 9.17) is 20.2 Å². The summed E-state index contributed by atoms with van der Waals surface area (Å²) in [5.74, 6) is 0.119. The van der Waals surface area contributed by atoms with Gasteiger partial charge in [0.1, 0.15) is 16.9 Å². The molecule has 1 aromatic carbocycles. The summed E-state index contributed by atoms with van der Waals surface area (Å²) in [6, 6.07) is 7.58. The highest BCUT2D eigenvalue weighted by atomic mass is 16.5. The zero-order valence-corrected chi connectivity index (χ0v) is 15.6. The van der Waals surface area contributed by atoms with E-state index in [0.29, 0.717) is 35.7 Å². The number of nitrogen functional groups attached to an aromatic ring is 1. The Kier molecular flexibility index (Phi) is 4.70. The van der Waals surface area contributed by atoms with Gasteiger partial charge in [-0.25, -0.2) is 14.8 Å². The number of nitrogens with two attached hydrogens (primary N) is 1. The van der Waals surface area contributed by atoms with Crippen LogP contribution in [0.2, 0.25) is 0 Å². The minimum atomic E-state index is -0.457. The Hall–Kier alpha value is -2.67. The number of hydrogen-bond acceptors (Lipinski definition) is 6. The Bertz CT molecular complexity index is 990. The quantitative estimate of drug-likeness (QED) is 0.696. The topological polar surface area (TPSA) is 92.3 Å². The maximum absolute atomic E-state index is 12.8. The third-order valence-electron chi connectivity index (χ3n) is 4.75. The molecule has 27 heavy (non-hydrogen) atoms. The predicted octanol–water partition coefficient (Wildman–Crippen LogP) is 3.16. The van der Waals surface area contributed by atoms with Gasteiger partial charge in [-0.05, 0) is 30.9 Å². The largest absolute Gasteiger partial charge is 0.462 e. The molecule has 0 radical (unpaired) electrons. The molecule has 0 saturated carbocycles. The van der Waals surface area contributed by atoms with Crippen LogP contribution in [-0.4, -0.2) is 39.8 Å². The van der Waals surface area contributed by atoms with Crippen LogP contribution in [0.3, 0.4) is 0 Å². The standard InChI is InChI=1S/C20H24N4O3/c1-12(2)11-27-20(25)16-17-19(23-15-8-4-3-7-14(15)22-17)24(18(16)21)10-13-6-5-9-26-13/h3-4,7-8,12-13H,5-6,9-11,21H2,1-2H3/t13-/m1/s1. The summed E-state index contributed by atoms with van der Waals surface area (Å²) >= 11 is 0. The molecule has 0 spiro atoms. The monoisotopic (exact) mass is 368 g/mol. The highest BCUT2D eigenvalue weighted by Crippen LogP contribution is 2.30. The summed E-state index contributed by atoms with van der Waals surface area (Å²) < 4.78 is 13.0. The van der Waals surface area contributed by atoms with Crippen molar-refractivity contribution in [3.05, 3.63) is 29.8 Å². The highest BCUT2D eigenvalue weighted by molar-refractivity contribution is 6.08. The van der Waals surface area contributed by atoms with Gasteiger partial charge in [0, 0.05) is 6.61 Å². The van der Waals surface area contributed by atoms with E-state index in [2.05, 4.69) is 4.98 Å². The van der Waals surface area contributed by atoms with Crippen molar-refractivity contribution in [3.8, 4) is 0 Å². The lowest BCUT2D eigenvalue weighted by atomic mass is 10.2. The van der Waals surface area contributed by atoms with E-state index >= 15 is 0 Å². The number of fused-ring (bicyclic) bond motifs is 2. The first-order valence-electron chi connectivity index (χ1n) is 9.37. The third-order valence-corrected chi connectivity index (χ3v) is 4.75. The SMILES string of the molecule is CC(C)COC(=O)c1c(N)n(C[C@H]2CCCO2)c2nc3ccccc3nc12. The van der Waals surface area contributed by atoms with E-state index in [1.807, 2.05) is 42.7 Å². The van der Waals surface area contributed by atoms with E-state index < -0.39 is 5.97 Å². The minimum Gasteiger partial charge on any atom is -0.462 e. The van der Waals surface area contributed by atoms with E-state index in [0.717, 1.165) is 30.5 Å². The molecule has 2 N–H and O–H groups in total. The van der Waals surface area contributed by atoms with Crippen molar-refractivity contribution in [3.63, 3.8) is 0 Å². The van der Waals surface area contributed by atoms with Gasteiger partial charge >= 0.3 is 5.97 Å². The smallest absolute Gasteiger partial charge is 0.344 e. The molecule has 0 aliphatic carbocycles. The second kappa shape index (κ2) is 7.15. The molecule has 4 rings (SSSR count). The first-order valence-corrected chi connectivity index (χ1v) is 9.37. The van der Waals surface area contributed by atoms with E-state index in [-0.39, 0.29) is 12.0 Å². The molecule has 0 amide bonds. The van der Waals surface area contributed by atoms with Crippen LogP contribution >= 0.6 is 0 Å². The molecular weight excluding hydrogens is 344 g/mol. The van der Waals surface area contributed by atoms with Gasteiger partial charge in [-0.1, -0.05) is 26.0 Å². The van der Waals surface area contributed by atoms with Crippen LogP contribution in [0.1, 0.15) is 37.0 Å². The molecule has 3 aromatic rings. The zero-order chi connectivity index (χ0) is 19.0. The van der Waals surface area contributed by atoms with Gasteiger partial charge < -0.3 is 19.8 Å². The number of anilines is 1. The predicted molar refractivity (Wildman–Crippen MR) is 104 cm³/mol. The fourth-order valence-corrected chi connectivity index (χ4v) is 3.41. The number of benzene rings is 1. The lowest BCUT2D eigenvalue weighted by Crippen LogP contribution is -2.18. The number of ether oxygens (including phenoxy) is 2. The number of carbonyl (C=O) groups excluding carboxylic acids is 1. The van der Waals surface area contributed by atoms with E-state index in [9.17, 15) is 4.79 Å². The van der Waals surface area contributed by atoms with Crippen molar-refractivity contribution >= 4 is 34.0 Å². The number of aromatic nitrogens is 3. The molecule has 1 aliphatic rings. The van der Waals surface area contributed by atoms with Crippen molar-refractivity contribution in [1.82, 2.24) is 14.5 Å². The Morgan fingerprint density at radius 2 is 2.07 bits per heavy atom. The zero-order valence-electron chi connectivity index (χ0n) is 15.6. The van der Waals surface area contributed by atoms with Gasteiger partial charge in [-0.2, -0.15) is 0 Å². The first kappa shape index (κ1) is 17.7. The molecule has 1 saturated heterocycles. The molecule has 0 bridgehead atoms. The molecule has 7 heteroatoms. The second-order valence-electron chi connectivity index (χ2n) is 7.38. The average Bonchev–Trinajstić information content (AvgIpc) is 3.25. The van der Waals surface area contributed by atoms with Gasteiger partial charge in [0.25, 0.3) is 0 Å². The van der Waals surface area contributed by atoms with Gasteiger partial charge in [0.05, 0.1) is 30.3 Å². The van der Waals surface area contributed by atoms with E-state index in [1.165, 1.54) is 0 Å². The number of rotatable bonds is 5. The summed E-state index contributed by atoms with van der Waals surface area (Å²) in [7, 11) is 0. The fraction of sp³-hybridized carbons (Fsp3) is 0.450. The lowest BCUT2D eigenvalue weighted by molar-refractivity contribution is 0.0461. The molecule has 1 fully saturated rings. The van der Waals surface area contributed by atoms with Crippen molar-refractivity contribution in [2.24, 2.45) is 5.92 Å². The summed E-state index contributed by atoms with van der Waals surface area (Å²) in [6.45, 7) is 5.61. The van der Waals surface area contributed by atoms with Crippen LogP contribution in [0.4, 0.5) is 5.82 Å². The lowest BCUT2D eigenvalue weighted by Gasteiger charge is -2.13. The van der Waals surface area contributed by atoms with Crippen molar-refractivity contribution in [2.45, 2.75) is 39.3 Å². The normalized spacial score (nSPS) is 17.2. The minimum absolute atomic E-state index is 0.0655. The number of carbonyl (C=O) groups is 1. The Labute approximate surface area is 157 Å². The van der Waals surface area contributed by atoms with Gasteiger partial charge in [-0.15, -0.1) is 0 Å². The van der Waals surface area contributed by atoms with Gasteiger partial charge in [0.2, 0.25) is 0 Å². The van der Waals surface area contributed by atoms with Crippen LogP contribution in [0, 0.1) is 5.92 Å². The maximum Gasteiger partial charge on any atom is 0.344 e. The second-order valence-corrected chi connectivity index (χ2v) is 7.38. The molecule has 7 nitrogen and oxygen atoms in total. The fourth-order valence-electron chi connectivity index (χ4n) is 3.41. The summed E-state index contributed by atoms with van der Waals surface area (Å²) in [6.07, 6.45) is 2.06. The molecule has 1 atom stereocenters. The molecule has 1 aliphatic heterocycles. The summed E-state index contributed by atoms with van der Waals surface area (Å²) in [5.41, 5.74) is 9.25. The maximum atomic E-state index is 12.8. The average molecular weight is 368 g/mol. The molecule has 3 heterocycles. The van der Waals surface area contributed by atoms with Crippen LogP contribution in [0.25, 0.3) is 22.2 Å². The van der Waals surface area contributed by atoms with Crippen molar-refractivity contribution < 1.29 is 14.3 Å².